The van der Waals surface area contributed by atoms with Gasteiger partial charge in [0.15, 0.2) is 5.78 Å². The van der Waals surface area contributed by atoms with Crippen LogP contribution in [0.1, 0.15) is 40.8 Å². The molecular weight excluding hydrogens is 344 g/mol. The topological polar surface area (TPSA) is 88.3 Å². The van der Waals surface area contributed by atoms with E-state index < -0.39 is 6.10 Å². The number of aliphatic hydroxyl groups is 1. The van der Waals surface area contributed by atoms with Gasteiger partial charge in [-0.05, 0) is 39.3 Å². The fourth-order valence-electron chi connectivity index (χ4n) is 3.83. The smallest absolute Gasteiger partial charge is 0.224 e. The molecule has 3 heterocycles. The van der Waals surface area contributed by atoms with E-state index in [0.29, 0.717) is 43.7 Å². The minimum atomic E-state index is -0.533. The summed E-state index contributed by atoms with van der Waals surface area (Å²) in [6, 6.07) is 5.73. The number of ketones is 1. The summed E-state index contributed by atoms with van der Waals surface area (Å²) in [5.41, 5.74) is 3.05. The van der Waals surface area contributed by atoms with E-state index in [1.54, 1.807) is 22.7 Å². The van der Waals surface area contributed by atoms with E-state index in [2.05, 4.69) is 10.1 Å². The van der Waals surface area contributed by atoms with E-state index >= 15 is 0 Å². The number of aliphatic hydroxyl groups excluding tert-OH is 1. The van der Waals surface area contributed by atoms with Gasteiger partial charge >= 0.3 is 0 Å². The number of amides is 1. The van der Waals surface area contributed by atoms with Crippen molar-refractivity contribution < 1.29 is 14.7 Å². The molecule has 7 nitrogen and oxygen atoms in total. The summed E-state index contributed by atoms with van der Waals surface area (Å²) < 4.78 is 1.72. The minimum Gasteiger partial charge on any atom is -0.391 e. The molecular formula is C20H26N4O3. The zero-order valence-electron chi connectivity index (χ0n) is 16.1. The monoisotopic (exact) mass is 370 g/mol. The number of carbonyl (C=O) groups excluding carboxylic acids is 2. The molecule has 0 radical (unpaired) electrons. The number of hydrogen-bond donors (Lipinski definition) is 1. The van der Waals surface area contributed by atoms with Gasteiger partial charge < -0.3 is 10.0 Å². The van der Waals surface area contributed by atoms with Crippen LogP contribution in [0, 0.1) is 19.8 Å². The summed E-state index contributed by atoms with van der Waals surface area (Å²) in [4.78, 5) is 30.3. The summed E-state index contributed by atoms with van der Waals surface area (Å²) >= 11 is 0. The van der Waals surface area contributed by atoms with Crippen molar-refractivity contribution in [2.45, 2.75) is 46.3 Å². The summed E-state index contributed by atoms with van der Waals surface area (Å²) in [7, 11) is 0. The molecule has 3 rings (SSSR count). The Labute approximate surface area is 159 Å². The number of rotatable bonds is 6. The first-order valence-corrected chi connectivity index (χ1v) is 9.27. The van der Waals surface area contributed by atoms with Crippen molar-refractivity contribution in [1.82, 2.24) is 19.7 Å². The van der Waals surface area contributed by atoms with Gasteiger partial charge in [-0.1, -0.05) is 6.07 Å². The Morgan fingerprint density at radius 2 is 2.04 bits per heavy atom. The van der Waals surface area contributed by atoms with E-state index in [-0.39, 0.29) is 17.6 Å². The number of hydrogen-bond acceptors (Lipinski definition) is 5. The highest BCUT2D eigenvalue weighted by molar-refractivity contribution is 5.96. The molecule has 7 heteroatoms. The van der Waals surface area contributed by atoms with E-state index in [0.717, 1.165) is 11.4 Å². The Morgan fingerprint density at radius 1 is 1.26 bits per heavy atom. The number of aromatic nitrogens is 3. The SMILES string of the molecule is CC(=O)c1c(C)nn(CCC(=O)N2C[C@@H](Cc3ccccn3)[C@H](O)C2)c1C. The number of carbonyl (C=O) groups is 2. The second kappa shape index (κ2) is 8.00. The lowest BCUT2D eigenvalue weighted by Crippen LogP contribution is -2.30. The molecule has 2 aromatic rings. The van der Waals surface area contributed by atoms with Crippen molar-refractivity contribution in [3.63, 3.8) is 0 Å². The van der Waals surface area contributed by atoms with Gasteiger partial charge in [-0.3, -0.25) is 19.3 Å². The van der Waals surface area contributed by atoms with Crippen LogP contribution in [0.5, 0.6) is 0 Å². The molecule has 144 valence electrons. The lowest BCUT2D eigenvalue weighted by Gasteiger charge is -2.16. The van der Waals surface area contributed by atoms with Gasteiger partial charge in [0.25, 0.3) is 0 Å². The quantitative estimate of drug-likeness (QED) is 0.780. The highest BCUT2D eigenvalue weighted by Gasteiger charge is 2.34. The molecule has 0 aliphatic carbocycles. The summed E-state index contributed by atoms with van der Waals surface area (Å²) in [6.45, 7) is 6.50. The Balaban J connectivity index is 1.58. The molecule has 0 aromatic carbocycles. The van der Waals surface area contributed by atoms with Crippen LogP contribution in [0.25, 0.3) is 0 Å². The summed E-state index contributed by atoms with van der Waals surface area (Å²) in [6.07, 6.45) is 2.16. The van der Waals surface area contributed by atoms with Crippen molar-refractivity contribution >= 4 is 11.7 Å². The fourth-order valence-corrected chi connectivity index (χ4v) is 3.83. The van der Waals surface area contributed by atoms with Crippen LogP contribution in [0.4, 0.5) is 0 Å². The van der Waals surface area contributed by atoms with Gasteiger partial charge in [0.2, 0.25) is 5.91 Å². The van der Waals surface area contributed by atoms with Crippen molar-refractivity contribution in [3.05, 3.63) is 47.0 Å². The first kappa shape index (κ1) is 19.2. The lowest BCUT2D eigenvalue weighted by atomic mass is 10.00. The molecule has 1 amide bonds. The molecule has 1 N–H and O–H groups in total. The molecule has 2 atom stereocenters. The molecule has 1 saturated heterocycles. The molecule has 0 saturated carbocycles. The van der Waals surface area contributed by atoms with Crippen LogP contribution in [0.15, 0.2) is 24.4 Å². The average molecular weight is 370 g/mol. The average Bonchev–Trinajstić information content (AvgIpc) is 3.13. The van der Waals surface area contributed by atoms with Gasteiger partial charge in [-0.15, -0.1) is 0 Å². The third-order valence-corrected chi connectivity index (χ3v) is 5.23. The van der Waals surface area contributed by atoms with Crippen LogP contribution in [-0.4, -0.2) is 55.7 Å². The maximum absolute atomic E-state index is 12.6. The molecule has 27 heavy (non-hydrogen) atoms. The van der Waals surface area contributed by atoms with E-state index in [1.165, 1.54) is 6.92 Å². The molecule has 0 bridgehead atoms. The second-order valence-corrected chi connectivity index (χ2v) is 7.23. The Morgan fingerprint density at radius 3 is 2.67 bits per heavy atom. The van der Waals surface area contributed by atoms with Crippen LogP contribution < -0.4 is 0 Å². The van der Waals surface area contributed by atoms with Crippen LogP contribution in [0.2, 0.25) is 0 Å². The van der Waals surface area contributed by atoms with Crippen molar-refractivity contribution in [2.24, 2.45) is 5.92 Å². The zero-order valence-corrected chi connectivity index (χ0v) is 16.1. The molecule has 1 aliphatic heterocycles. The summed E-state index contributed by atoms with van der Waals surface area (Å²) in [5, 5.41) is 14.7. The largest absolute Gasteiger partial charge is 0.391 e. The standard InChI is InChI=1S/C20H26N4O3/c1-13-20(15(3)25)14(2)24(22-13)9-7-19(27)23-11-16(18(26)12-23)10-17-6-4-5-8-21-17/h4-6,8,16,18,26H,7,9-12H2,1-3H3/t16-,18-/m1/s1. The number of β-amino-alcohol motifs (C(OH)–C–C–N with tert-alkyl or cyclic N) is 1. The lowest BCUT2D eigenvalue weighted by molar-refractivity contribution is -0.130. The first-order chi connectivity index (χ1) is 12.9. The van der Waals surface area contributed by atoms with Crippen molar-refractivity contribution in [3.8, 4) is 0 Å². The van der Waals surface area contributed by atoms with Gasteiger partial charge in [0, 0.05) is 49.6 Å². The van der Waals surface area contributed by atoms with Gasteiger partial charge in [0.1, 0.15) is 0 Å². The molecule has 2 aromatic heterocycles. The van der Waals surface area contributed by atoms with Crippen molar-refractivity contribution in [2.75, 3.05) is 13.1 Å². The van der Waals surface area contributed by atoms with E-state index in [9.17, 15) is 14.7 Å². The normalized spacial score (nSPS) is 19.5. The van der Waals surface area contributed by atoms with E-state index in [1.807, 2.05) is 25.1 Å². The first-order valence-electron chi connectivity index (χ1n) is 9.27. The highest BCUT2D eigenvalue weighted by Crippen LogP contribution is 2.22. The maximum atomic E-state index is 12.6. The van der Waals surface area contributed by atoms with Crippen molar-refractivity contribution in [1.29, 1.82) is 0 Å². The maximum Gasteiger partial charge on any atom is 0.224 e. The number of aryl methyl sites for hydroxylation is 2. The van der Waals surface area contributed by atoms with Gasteiger partial charge in [-0.25, -0.2) is 0 Å². The van der Waals surface area contributed by atoms with Crippen LogP contribution in [-0.2, 0) is 17.8 Å². The van der Waals surface area contributed by atoms with Gasteiger partial charge in [0.05, 0.1) is 17.4 Å². The number of Topliss-reactive ketones (excluding diaryl/α,β-unsaturated/α-hetero) is 1. The molecule has 0 spiro atoms. The Bertz CT molecular complexity index is 831. The molecule has 0 unspecified atom stereocenters. The third-order valence-electron chi connectivity index (χ3n) is 5.23. The number of nitrogens with zero attached hydrogens (tertiary/aromatic N) is 4. The Kier molecular flexibility index (Phi) is 5.70. The van der Waals surface area contributed by atoms with Gasteiger partial charge in [-0.2, -0.15) is 5.10 Å². The fraction of sp³-hybridized carbons (Fsp3) is 0.500. The third kappa shape index (κ3) is 4.24. The Hall–Kier alpha value is -2.54. The number of pyridine rings is 1. The molecule has 1 aliphatic rings. The van der Waals surface area contributed by atoms with E-state index in [4.69, 9.17) is 0 Å². The van der Waals surface area contributed by atoms with Crippen LogP contribution >= 0.6 is 0 Å². The summed E-state index contributed by atoms with van der Waals surface area (Å²) in [5.74, 6) is -0.0149. The highest BCUT2D eigenvalue weighted by atomic mass is 16.3. The zero-order chi connectivity index (χ0) is 19.6. The predicted molar refractivity (Wildman–Crippen MR) is 100 cm³/mol. The second-order valence-electron chi connectivity index (χ2n) is 7.23. The predicted octanol–water partition coefficient (Wildman–Crippen LogP) is 1.55. The van der Waals surface area contributed by atoms with Crippen LogP contribution in [0.3, 0.4) is 0 Å². The minimum absolute atomic E-state index is 0.00171. The molecule has 1 fully saturated rings. The number of likely N-dealkylation sites (tertiary alicyclic amines) is 1.